The first kappa shape index (κ1) is 20.6. The molecule has 1 aliphatic heterocycles. The lowest BCUT2D eigenvalue weighted by Gasteiger charge is -2.30. The van der Waals surface area contributed by atoms with E-state index in [0.717, 1.165) is 65.7 Å². The van der Waals surface area contributed by atoms with E-state index in [-0.39, 0.29) is 0 Å². The molecule has 3 N–H and O–H groups in total. The number of aromatic nitrogens is 4. The summed E-state index contributed by atoms with van der Waals surface area (Å²) in [6, 6.07) is 21.3. The van der Waals surface area contributed by atoms with Crippen molar-refractivity contribution in [2.75, 3.05) is 36.4 Å². The second-order valence-corrected chi connectivity index (χ2v) is 8.78. The number of rotatable bonds is 5. The molecule has 3 heterocycles. The Morgan fingerprint density at radius 1 is 0.971 bits per heavy atom. The van der Waals surface area contributed by atoms with E-state index in [9.17, 15) is 0 Å². The van der Waals surface area contributed by atoms with Gasteiger partial charge in [0, 0.05) is 49.4 Å². The monoisotopic (exact) mass is 449 g/mol. The standard InChI is InChI=1S/C27H27N7/c1-18-23-15-22(8-9-24(23)33-32-18)25-17-30-26(27(31-25)34-12-10-28-11-13-34)29-16-19-6-7-20-4-2-3-5-21(20)14-19/h2-9,14-15,17,28H,10-13,16H2,1H3,(H,29,30)(H,32,33). The van der Waals surface area contributed by atoms with Crippen LogP contribution in [0.1, 0.15) is 11.3 Å². The van der Waals surface area contributed by atoms with Crippen LogP contribution in [-0.4, -0.2) is 46.3 Å². The molecule has 2 aromatic heterocycles. The fraction of sp³-hybridized carbons (Fsp3) is 0.222. The van der Waals surface area contributed by atoms with E-state index in [1.54, 1.807) is 0 Å². The van der Waals surface area contributed by atoms with Gasteiger partial charge in [-0.05, 0) is 41.5 Å². The van der Waals surface area contributed by atoms with Gasteiger partial charge in [-0.15, -0.1) is 0 Å². The van der Waals surface area contributed by atoms with Crippen LogP contribution in [0.5, 0.6) is 0 Å². The summed E-state index contributed by atoms with van der Waals surface area (Å²) in [4.78, 5) is 12.2. The predicted molar refractivity (Wildman–Crippen MR) is 138 cm³/mol. The number of nitrogens with zero attached hydrogens (tertiary/aromatic N) is 4. The first-order chi connectivity index (χ1) is 16.7. The molecule has 34 heavy (non-hydrogen) atoms. The Morgan fingerprint density at radius 3 is 2.71 bits per heavy atom. The number of nitrogens with one attached hydrogen (secondary N) is 3. The van der Waals surface area contributed by atoms with Gasteiger partial charge in [-0.3, -0.25) is 5.10 Å². The summed E-state index contributed by atoms with van der Waals surface area (Å²) in [5.74, 6) is 1.73. The van der Waals surface area contributed by atoms with Crippen molar-refractivity contribution < 1.29 is 0 Å². The molecule has 170 valence electrons. The Bertz CT molecular complexity index is 1470. The molecule has 0 radical (unpaired) electrons. The maximum Gasteiger partial charge on any atom is 0.172 e. The number of aryl methyl sites for hydroxylation is 1. The lowest BCUT2D eigenvalue weighted by Crippen LogP contribution is -2.44. The predicted octanol–water partition coefficient (Wildman–Crippen LogP) is 4.50. The number of hydrogen-bond acceptors (Lipinski definition) is 6. The summed E-state index contributed by atoms with van der Waals surface area (Å²) in [5.41, 5.74) is 5.15. The number of fused-ring (bicyclic) bond motifs is 2. The molecule has 0 saturated carbocycles. The Morgan fingerprint density at radius 2 is 1.82 bits per heavy atom. The Hall–Kier alpha value is -3.97. The van der Waals surface area contributed by atoms with Crippen LogP contribution < -0.4 is 15.5 Å². The third kappa shape index (κ3) is 3.95. The summed E-state index contributed by atoms with van der Waals surface area (Å²) < 4.78 is 0. The number of piperazine rings is 1. The number of H-pyrrole nitrogens is 1. The normalized spacial score (nSPS) is 14.1. The summed E-state index contributed by atoms with van der Waals surface area (Å²) in [5, 5.41) is 18.0. The highest BCUT2D eigenvalue weighted by Crippen LogP contribution is 2.29. The summed E-state index contributed by atoms with van der Waals surface area (Å²) in [6.45, 7) is 6.42. The fourth-order valence-corrected chi connectivity index (χ4v) is 4.57. The molecule has 0 bridgehead atoms. The topological polar surface area (TPSA) is 81.8 Å². The van der Waals surface area contributed by atoms with E-state index < -0.39 is 0 Å². The molecule has 7 nitrogen and oxygen atoms in total. The van der Waals surface area contributed by atoms with Crippen molar-refractivity contribution in [2.24, 2.45) is 0 Å². The van der Waals surface area contributed by atoms with Crippen LogP contribution in [0.2, 0.25) is 0 Å². The molecule has 0 amide bonds. The van der Waals surface area contributed by atoms with Crippen LogP contribution in [-0.2, 0) is 6.54 Å². The zero-order chi connectivity index (χ0) is 22.9. The Labute approximate surface area is 198 Å². The van der Waals surface area contributed by atoms with Gasteiger partial charge in [0.05, 0.1) is 17.4 Å². The molecular weight excluding hydrogens is 422 g/mol. The van der Waals surface area contributed by atoms with Gasteiger partial charge in [0.1, 0.15) is 0 Å². The lowest BCUT2D eigenvalue weighted by atomic mass is 10.1. The van der Waals surface area contributed by atoms with Crippen molar-refractivity contribution in [3.05, 3.63) is 78.1 Å². The second kappa shape index (κ2) is 8.76. The molecule has 1 aliphatic rings. The van der Waals surface area contributed by atoms with Crippen LogP contribution in [0.15, 0.2) is 66.9 Å². The average Bonchev–Trinajstić information content (AvgIpc) is 3.27. The molecule has 0 atom stereocenters. The van der Waals surface area contributed by atoms with E-state index in [1.807, 2.05) is 19.2 Å². The molecule has 7 heteroatoms. The maximum absolute atomic E-state index is 5.09. The van der Waals surface area contributed by atoms with Crippen molar-refractivity contribution in [3.8, 4) is 11.3 Å². The number of aromatic amines is 1. The van der Waals surface area contributed by atoms with Crippen molar-refractivity contribution in [1.82, 2.24) is 25.5 Å². The molecule has 0 unspecified atom stereocenters. The third-order valence-corrected chi connectivity index (χ3v) is 6.48. The van der Waals surface area contributed by atoms with Gasteiger partial charge in [-0.1, -0.05) is 42.5 Å². The number of benzene rings is 3. The van der Waals surface area contributed by atoms with Gasteiger partial charge in [-0.25, -0.2) is 9.97 Å². The van der Waals surface area contributed by atoms with Gasteiger partial charge < -0.3 is 15.5 Å². The highest BCUT2D eigenvalue weighted by molar-refractivity contribution is 5.86. The average molecular weight is 450 g/mol. The van der Waals surface area contributed by atoms with Crippen molar-refractivity contribution >= 4 is 33.3 Å². The molecule has 1 saturated heterocycles. The van der Waals surface area contributed by atoms with E-state index >= 15 is 0 Å². The van der Waals surface area contributed by atoms with Gasteiger partial charge in [0.25, 0.3) is 0 Å². The lowest BCUT2D eigenvalue weighted by molar-refractivity contribution is 0.585. The van der Waals surface area contributed by atoms with Crippen molar-refractivity contribution in [1.29, 1.82) is 0 Å². The number of hydrogen-bond donors (Lipinski definition) is 3. The SMILES string of the molecule is Cc1[nH]nc2ccc(-c3cnc(NCc4ccc5ccccc5c4)c(N4CCNCC4)n3)cc12. The van der Waals surface area contributed by atoms with Gasteiger partial charge in [-0.2, -0.15) is 5.10 Å². The minimum atomic E-state index is 0.693. The van der Waals surface area contributed by atoms with E-state index in [2.05, 4.69) is 80.3 Å². The minimum Gasteiger partial charge on any atom is -0.363 e. The first-order valence-corrected chi connectivity index (χ1v) is 11.7. The van der Waals surface area contributed by atoms with Crippen LogP contribution >= 0.6 is 0 Å². The van der Waals surface area contributed by atoms with Gasteiger partial charge in [0.15, 0.2) is 11.6 Å². The highest BCUT2D eigenvalue weighted by atomic mass is 15.3. The molecule has 6 rings (SSSR count). The smallest absolute Gasteiger partial charge is 0.172 e. The molecule has 0 spiro atoms. The van der Waals surface area contributed by atoms with Crippen LogP contribution in [0.25, 0.3) is 32.9 Å². The first-order valence-electron chi connectivity index (χ1n) is 11.7. The van der Waals surface area contributed by atoms with Gasteiger partial charge in [0.2, 0.25) is 0 Å². The largest absolute Gasteiger partial charge is 0.363 e. The second-order valence-electron chi connectivity index (χ2n) is 8.78. The molecule has 1 fully saturated rings. The maximum atomic E-state index is 5.09. The van der Waals surface area contributed by atoms with E-state index in [1.165, 1.54) is 16.3 Å². The zero-order valence-corrected chi connectivity index (χ0v) is 19.2. The quantitative estimate of drug-likeness (QED) is 0.366. The van der Waals surface area contributed by atoms with E-state index in [4.69, 9.17) is 9.97 Å². The van der Waals surface area contributed by atoms with Crippen LogP contribution in [0.3, 0.4) is 0 Å². The summed E-state index contributed by atoms with van der Waals surface area (Å²) in [7, 11) is 0. The van der Waals surface area contributed by atoms with Crippen LogP contribution in [0, 0.1) is 6.92 Å². The third-order valence-electron chi connectivity index (χ3n) is 6.48. The highest BCUT2D eigenvalue weighted by Gasteiger charge is 2.18. The summed E-state index contributed by atoms with van der Waals surface area (Å²) >= 11 is 0. The fourth-order valence-electron chi connectivity index (χ4n) is 4.57. The molecule has 0 aliphatic carbocycles. The molecule has 3 aromatic carbocycles. The minimum absolute atomic E-state index is 0.693. The van der Waals surface area contributed by atoms with Crippen molar-refractivity contribution in [3.63, 3.8) is 0 Å². The Balaban J connectivity index is 1.33. The van der Waals surface area contributed by atoms with Crippen molar-refractivity contribution in [2.45, 2.75) is 13.5 Å². The Kier molecular flexibility index (Phi) is 5.31. The van der Waals surface area contributed by atoms with Gasteiger partial charge >= 0.3 is 0 Å². The zero-order valence-electron chi connectivity index (χ0n) is 19.2. The molecule has 5 aromatic rings. The van der Waals surface area contributed by atoms with Crippen LogP contribution in [0.4, 0.5) is 11.6 Å². The molecular formula is C27H27N7. The summed E-state index contributed by atoms with van der Waals surface area (Å²) in [6.07, 6.45) is 1.87. The number of anilines is 2. The van der Waals surface area contributed by atoms with E-state index in [0.29, 0.717) is 6.54 Å².